The zero-order valence-electron chi connectivity index (χ0n) is 14.3. The third-order valence-corrected chi connectivity index (χ3v) is 5.25. The molecule has 6 heteroatoms. The molecule has 5 rings (SSSR count). The van der Waals surface area contributed by atoms with Crippen molar-refractivity contribution in [2.24, 2.45) is 0 Å². The first-order valence-corrected chi connectivity index (χ1v) is 9.06. The highest BCUT2D eigenvalue weighted by Gasteiger charge is 2.28. The summed E-state index contributed by atoms with van der Waals surface area (Å²) in [5, 5.41) is 0. The van der Waals surface area contributed by atoms with E-state index in [0.29, 0.717) is 30.2 Å². The third kappa shape index (κ3) is 2.66. The van der Waals surface area contributed by atoms with Gasteiger partial charge in [0.1, 0.15) is 6.17 Å². The van der Waals surface area contributed by atoms with E-state index in [9.17, 15) is 9.18 Å². The molecule has 0 spiro atoms. The lowest BCUT2D eigenvalue weighted by atomic mass is 10.1. The van der Waals surface area contributed by atoms with Crippen molar-refractivity contribution >= 4 is 11.7 Å². The number of hydrogen-bond donors (Lipinski definition) is 0. The molecule has 3 aromatic rings. The summed E-state index contributed by atoms with van der Waals surface area (Å²) in [4.78, 5) is 23.0. The van der Waals surface area contributed by atoms with E-state index in [1.54, 1.807) is 17.2 Å². The summed E-state index contributed by atoms with van der Waals surface area (Å²) in [6.45, 7) is 0.674. The summed E-state index contributed by atoms with van der Waals surface area (Å²) < 4.78 is 15.5. The predicted molar refractivity (Wildman–Crippen MR) is 95.8 cm³/mol. The first-order valence-electron chi connectivity index (χ1n) is 9.06. The lowest BCUT2D eigenvalue weighted by Gasteiger charge is -2.15. The van der Waals surface area contributed by atoms with Gasteiger partial charge in [-0.3, -0.25) is 9.20 Å². The molecule has 1 aliphatic carbocycles. The minimum absolute atomic E-state index is 0.109. The molecular weight excluding hydrogens is 331 g/mol. The normalized spacial score (nSPS) is 20.0. The lowest BCUT2D eigenvalue weighted by molar-refractivity contribution is 0.0783. The van der Waals surface area contributed by atoms with Crippen molar-refractivity contribution < 1.29 is 9.18 Å². The molecule has 0 radical (unpaired) electrons. The average molecular weight is 350 g/mol. The number of likely N-dealkylation sites (tertiary alicyclic amines) is 1. The number of aromatic nitrogens is 3. The highest BCUT2D eigenvalue weighted by molar-refractivity contribution is 5.95. The van der Waals surface area contributed by atoms with Crippen LogP contribution in [0.5, 0.6) is 0 Å². The highest BCUT2D eigenvalue weighted by atomic mass is 19.1. The molecule has 1 aliphatic heterocycles. The van der Waals surface area contributed by atoms with Crippen LogP contribution < -0.4 is 0 Å². The monoisotopic (exact) mass is 350 g/mol. The average Bonchev–Trinajstić information content (AvgIpc) is 3.28. The van der Waals surface area contributed by atoms with Crippen molar-refractivity contribution in [2.45, 2.75) is 31.4 Å². The Labute approximate surface area is 150 Å². The van der Waals surface area contributed by atoms with E-state index >= 15 is 0 Å². The zero-order valence-corrected chi connectivity index (χ0v) is 14.3. The Morgan fingerprint density at radius 2 is 1.96 bits per heavy atom. The quantitative estimate of drug-likeness (QED) is 0.727. The molecule has 1 saturated heterocycles. The summed E-state index contributed by atoms with van der Waals surface area (Å²) in [7, 11) is 0. The Kier molecular flexibility index (Phi) is 3.51. The van der Waals surface area contributed by atoms with Crippen LogP contribution in [0.3, 0.4) is 0 Å². The van der Waals surface area contributed by atoms with Gasteiger partial charge in [-0.25, -0.2) is 14.4 Å². The highest BCUT2D eigenvalue weighted by Crippen LogP contribution is 2.40. The van der Waals surface area contributed by atoms with Gasteiger partial charge in [0.05, 0.1) is 12.7 Å². The second-order valence-electron chi connectivity index (χ2n) is 7.19. The molecule has 2 aromatic heterocycles. The standard InChI is InChI=1S/C20H19FN4O/c21-17-6-7-24(12-17)19(26)15-3-1-2-14(8-15)16-9-22-20-23-10-18(13-4-5-13)25(20)11-16/h1-3,8-11,13,17H,4-7,12H2/t17-/m0/s1. The number of imidazole rings is 1. The van der Waals surface area contributed by atoms with Crippen LogP contribution in [0.25, 0.3) is 16.9 Å². The van der Waals surface area contributed by atoms with Crippen LogP contribution in [0.2, 0.25) is 0 Å². The van der Waals surface area contributed by atoms with Crippen molar-refractivity contribution in [3.63, 3.8) is 0 Å². The van der Waals surface area contributed by atoms with Crippen LogP contribution in [-0.4, -0.2) is 44.4 Å². The second kappa shape index (κ2) is 5.90. The van der Waals surface area contributed by atoms with Gasteiger partial charge in [0.25, 0.3) is 5.91 Å². The molecule has 1 atom stereocenters. The molecule has 0 unspecified atom stereocenters. The fourth-order valence-corrected chi connectivity index (χ4v) is 3.64. The van der Waals surface area contributed by atoms with Crippen LogP contribution >= 0.6 is 0 Å². The SMILES string of the molecule is O=C(c1cccc(-c2cnc3ncc(C4CC4)n3c2)c1)N1CC[C@H](F)C1. The number of hydrogen-bond acceptors (Lipinski definition) is 3. The van der Waals surface area contributed by atoms with Crippen molar-refractivity contribution in [2.75, 3.05) is 13.1 Å². The van der Waals surface area contributed by atoms with Gasteiger partial charge in [0.2, 0.25) is 5.78 Å². The van der Waals surface area contributed by atoms with Gasteiger partial charge in [-0.2, -0.15) is 0 Å². The Morgan fingerprint density at radius 1 is 1.12 bits per heavy atom. The number of benzene rings is 1. The molecule has 2 aliphatic rings. The van der Waals surface area contributed by atoms with Crippen LogP contribution in [-0.2, 0) is 0 Å². The van der Waals surface area contributed by atoms with Crippen LogP contribution in [0.15, 0.2) is 42.9 Å². The van der Waals surface area contributed by atoms with Crippen LogP contribution in [0.4, 0.5) is 4.39 Å². The Balaban J connectivity index is 1.49. The lowest BCUT2D eigenvalue weighted by Crippen LogP contribution is -2.28. The summed E-state index contributed by atoms with van der Waals surface area (Å²) in [6.07, 6.45) is 7.66. The maximum atomic E-state index is 13.4. The minimum atomic E-state index is -0.907. The van der Waals surface area contributed by atoms with E-state index < -0.39 is 6.17 Å². The van der Waals surface area contributed by atoms with Crippen molar-refractivity contribution in [1.82, 2.24) is 19.3 Å². The predicted octanol–water partition coefficient (Wildman–Crippen LogP) is 3.46. The fraction of sp³-hybridized carbons (Fsp3) is 0.350. The number of halogens is 1. The number of nitrogens with zero attached hydrogens (tertiary/aromatic N) is 4. The number of rotatable bonds is 3. The smallest absolute Gasteiger partial charge is 0.253 e. The number of carbonyl (C=O) groups excluding carboxylic acids is 1. The summed E-state index contributed by atoms with van der Waals surface area (Å²) in [6, 6.07) is 7.49. The van der Waals surface area contributed by atoms with Crippen LogP contribution in [0, 0.1) is 0 Å². The van der Waals surface area contributed by atoms with Gasteiger partial charge >= 0.3 is 0 Å². The number of alkyl halides is 1. The van der Waals surface area contributed by atoms with E-state index in [-0.39, 0.29) is 12.5 Å². The zero-order chi connectivity index (χ0) is 17.7. The molecule has 5 nitrogen and oxygen atoms in total. The largest absolute Gasteiger partial charge is 0.336 e. The van der Waals surface area contributed by atoms with Gasteiger partial charge in [0, 0.05) is 41.7 Å². The molecule has 0 bridgehead atoms. The van der Waals surface area contributed by atoms with E-state index in [4.69, 9.17) is 0 Å². The van der Waals surface area contributed by atoms with Gasteiger partial charge in [-0.05, 0) is 37.0 Å². The van der Waals surface area contributed by atoms with Crippen molar-refractivity contribution in [3.05, 3.63) is 54.1 Å². The van der Waals surface area contributed by atoms with Gasteiger partial charge in [0.15, 0.2) is 0 Å². The van der Waals surface area contributed by atoms with E-state index in [0.717, 1.165) is 11.1 Å². The molecule has 1 aromatic carbocycles. The molecule has 26 heavy (non-hydrogen) atoms. The number of fused-ring (bicyclic) bond motifs is 1. The first kappa shape index (κ1) is 15.5. The van der Waals surface area contributed by atoms with Gasteiger partial charge in [-0.15, -0.1) is 0 Å². The molecule has 132 valence electrons. The maximum Gasteiger partial charge on any atom is 0.253 e. The topological polar surface area (TPSA) is 50.5 Å². The molecule has 1 saturated carbocycles. The summed E-state index contributed by atoms with van der Waals surface area (Å²) in [5.74, 6) is 1.18. The van der Waals surface area contributed by atoms with Crippen molar-refractivity contribution in [1.29, 1.82) is 0 Å². The number of carbonyl (C=O) groups is 1. The minimum Gasteiger partial charge on any atom is -0.336 e. The first-order chi connectivity index (χ1) is 12.7. The second-order valence-corrected chi connectivity index (χ2v) is 7.19. The number of amides is 1. The van der Waals surface area contributed by atoms with E-state index in [1.165, 1.54) is 18.5 Å². The third-order valence-electron chi connectivity index (χ3n) is 5.25. The van der Waals surface area contributed by atoms with E-state index in [1.807, 2.05) is 30.6 Å². The fourth-order valence-electron chi connectivity index (χ4n) is 3.64. The Bertz CT molecular complexity index is 994. The molecular formula is C20H19FN4O. The molecule has 1 amide bonds. The summed E-state index contributed by atoms with van der Waals surface area (Å²) in [5.41, 5.74) is 3.66. The Hall–Kier alpha value is -2.76. The van der Waals surface area contributed by atoms with Crippen LogP contribution in [0.1, 0.15) is 41.2 Å². The summed E-state index contributed by atoms with van der Waals surface area (Å²) >= 11 is 0. The Morgan fingerprint density at radius 3 is 2.73 bits per heavy atom. The molecule has 2 fully saturated rings. The van der Waals surface area contributed by atoms with Gasteiger partial charge in [-0.1, -0.05) is 12.1 Å². The van der Waals surface area contributed by atoms with Crippen molar-refractivity contribution in [3.8, 4) is 11.1 Å². The maximum absolute atomic E-state index is 13.4. The van der Waals surface area contributed by atoms with Gasteiger partial charge < -0.3 is 4.90 Å². The molecule has 3 heterocycles. The van der Waals surface area contributed by atoms with E-state index in [2.05, 4.69) is 14.4 Å². The molecule has 0 N–H and O–H groups in total.